The molecular formula is C13H12BrNO. The molecule has 0 aliphatic rings. The lowest BCUT2D eigenvalue weighted by Crippen LogP contribution is -1.96. The Morgan fingerprint density at radius 3 is 2.75 bits per heavy atom. The predicted octanol–water partition coefficient (Wildman–Crippen LogP) is 3.73. The van der Waals surface area contributed by atoms with Gasteiger partial charge in [-0.05, 0) is 28.4 Å². The summed E-state index contributed by atoms with van der Waals surface area (Å²) in [6, 6.07) is 12.0. The number of benzene rings is 1. The van der Waals surface area contributed by atoms with Crippen molar-refractivity contribution >= 4 is 15.9 Å². The Morgan fingerprint density at radius 1 is 1.25 bits per heavy atom. The summed E-state index contributed by atoms with van der Waals surface area (Å²) in [6.07, 6.45) is 1.76. The van der Waals surface area contributed by atoms with Crippen LogP contribution in [-0.2, 0) is 6.61 Å². The van der Waals surface area contributed by atoms with Gasteiger partial charge in [0.15, 0.2) is 0 Å². The van der Waals surface area contributed by atoms with Crippen molar-refractivity contribution in [1.82, 2.24) is 4.98 Å². The molecule has 0 bridgehead atoms. The number of nitrogens with zero attached hydrogens (tertiary/aromatic N) is 1. The minimum Gasteiger partial charge on any atom is -0.488 e. The summed E-state index contributed by atoms with van der Waals surface area (Å²) >= 11 is 3.42. The second kappa shape index (κ2) is 5.12. The van der Waals surface area contributed by atoms with Gasteiger partial charge in [0.2, 0.25) is 0 Å². The molecule has 1 aromatic carbocycles. The van der Waals surface area contributed by atoms with Gasteiger partial charge in [0.05, 0.1) is 4.47 Å². The Labute approximate surface area is 103 Å². The second-order valence-electron chi connectivity index (χ2n) is 3.53. The molecule has 2 aromatic rings. The summed E-state index contributed by atoms with van der Waals surface area (Å²) in [5, 5.41) is 0. The Hall–Kier alpha value is -1.35. The van der Waals surface area contributed by atoms with Gasteiger partial charge in [-0.25, -0.2) is 0 Å². The lowest BCUT2D eigenvalue weighted by atomic mass is 10.2. The van der Waals surface area contributed by atoms with E-state index in [2.05, 4.69) is 20.9 Å². The van der Waals surface area contributed by atoms with Crippen LogP contribution in [0.25, 0.3) is 0 Å². The maximum absolute atomic E-state index is 5.72. The molecule has 0 spiro atoms. The van der Waals surface area contributed by atoms with E-state index in [0.29, 0.717) is 6.61 Å². The summed E-state index contributed by atoms with van der Waals surface area (Å²) < 4.78 is 6.60. The quantitative estimate of drug-likeness (QED) is 0.853. The van der Waals surface area contributed by atoms with E-state index in [1.165, 1.54) is 0 Å². The molecule has 0 radical (unpaired) electrons. The van der Waals surface area contributed by atoms with E-state index in [9.17, 15) is 0 Å². The van der Waals surface area contributed by atoms with E-state index in [4.69, 9.17) is 4.74 Å². The highest BCUT2D eigenvalue weighted by molar-refractivity contribution is 9.10. The van der Waals surface area contributed by atoms with Crippen LogP contribution in [-0.4, -0.2) is 4.98 Å². The molecule has 0 aliphatic carbocycles. The van der Waals surface area contributed by atoms with Crippen molar-refractivity contribution in [1.29, 1.82) is 0 Å². The summed E-state index contributed by atoms with van der Waals surface area (Å²) in [5.74, 6) is 0.830. The van der Waals surface area contributed by atoms with Crippen LogP contribution in [0.4, 0.5) is 0 Å². The van der Waals surface area contributed by atoms with Crippen LogP contribution in [0.3, 0.4) is 0 Å². The number of aromatic nitrogens is 1. The van der Waals surface area contributed by atoms with Gasteiger partial charge in [-0.2, -0.15) is 0 Å². The topological polar surface area (TPSA) is 22.1 Å². The fourth-order valence-electron chi connectivity index (χ4n) is 1.36. The van der Waals surface area contributed by atoms with Crippen LogP contribution >= 0.6 is 15.9 Å². The molecule has 1 aromatic heterocycles. The lowest BCUT2D eigenvalue weighted by Gasteiger charge is -2.08. The summed E-state index contributed by atoms with van der Waals surface area (Å²) in [4.78, 5) is 4.17. The van der Waals surface area contributed by atoms with Crippen LogP contribution < -0.4 is 4.74 Å². The van der Waals surface area contributed by atoms with Crippen molar-refractivity contribution in [3.8, 4) is 5.75 Å². The molecule has 0 saturated carbocycles. The number of rotatable bonds is 3. The van der Waals surface area contributed by atoms with Crippen LogP contribution in [0, 0.1) is 6.92 Å². The van der Waals surface area contributed by atoms with E-state index in [1.807, 2.05) is 43.3 Å². The zero-order chi connectivity index (χ0) is 11.4. The van der Waals surface area contributed by atoms with Crippen molar-refractivity contribution in [3.63, 3.8) is 0 Å². The Bertz CT molecular complexity index is 471. The first-order valence-corrected chi connectivity index (χ1v) is 5.84. The molecule has 0 N–H and O–H groups in total. The number of pyridine rings is 1. The summed E-state index contributed by atoms with van der Waals surface area (Å²) in [6.45, 7) is 2.52. The average molecular weight is 278 g/mol. The number of hydrogen-bond acceptors (Lipinski definition) is 2. The van der Waals surface area contributed by atoms with Crippen LogP contribution in [0.15, 0.2) is 47.1 Å². The molecule has 0 unspecified atom stereocenters. The van der Waals surface area contributed by atoms with Gasteiger partial charge >= 0.3 is 0 Å². The van der Waals surface area contributed by atoms with E-state index in [1.54, 1.807) is 6.20 Å². The maximum Gasteiger partial charge on any atom is 0.137 e. The fourth-order valence-corrected chi connectivity index (χ4v) is 1.70. The van der Waals surface area contributed by atoms with Gasteiger partial charge < -0.3 is 4.74 Å². The third-order valence-corrected chi connectivity index (χ3v) is 2.79. The van der Waals surface area contributed by atoms with Crippen LogP contribution in [0.5, 0.6) is 5.75 Å². The Kier molecular flexibility index (Phi) is 3.57. The van der Waals surface area contributed by atoms with E-state index < -0.39 is 0 Å². The molecule has 2 nitrogen and oxygen atoms in total. The first-order chi connectivity index (χ1) is 7.75. The third-order valence-electron chi connectivity index (χ3n) is 2.19. The molecule has 0 atom stereocenters. The highest BCUT2D eigenvalue weighted by atomic mass is 79.9. The lowest BCUT2D eigenvalue weighted by molar-refractivity contribution is 0.303. The molecular weight excluding hydrogens is 266 g/mol. The third kappa shape index (κ3) is 2.83. The van der Waals surface area contributed by atoms with Crippen molar-refractivity contribution < 1.29 is 4.74 Å². The van der Waals surface area contributed by atoms with Gasteiger partial charge in [-0.15, -0.1) is 0 Å². The minimum atomic E-state index is 0.572. The monoisotopic (exact) mass is 277 g/mol. The number of aryl methyl sites for hydroxylation is 1. The summed E-state index contributed by atoms with van der Waals surface area (Å²) in [5.41, 5.74) is 2.11. The average Bonchev–Trinajstić information content (AvgIpc) is 2.32. The highest BCUT2D eigenvalue weighted by Crippen LogP contribution is 2.25. The van der Waals surface area contributed by atoms with Crippen LogP contribution in [0.1, 0.15) is 11.3 Å². The number of hydrogen-bond donors (Lipinski definition) is 0. The molecule has 1 heterocycles. The smallest absolute Gasteiger partial charge is 0.137 e. The Morgan fingerprint density at radius 2 is 2.00 bits per heavy atom. The first-order valence-electron chi connectivity index (χ1n) is 5.04. The van der Waals surface area contributed by atoms with Gasteiger partial charge in [-0.3, -0.25) is 4.98 Å². The van der Waals surface area contributed by atoms with Gasteiger partial charge in [0, 0.05) is 18.0 Å². The summed E-state index contributed by atoms with van der Waals surface area (Å²) in [7, 11) is 0. The molecule has 2 rings (SSSR count). The molecule has 0 fully saturated rings. The number of halogens is 1. The van der Waals surface area contributed by atoms with Crippen molar-refractivity contribution in [2.24, 2.45) is 0 Å². The first kappa shape index (κ1) is 11.1. The molecule has 3 heteroatoms. The Balaban J connectivity index is 2.08. The van der Waals surface area contributed by atoms with E-state index in [0.717, 1.165) is 21.5 Å². The largest absolute Gasteiger partial charge is 0.488 e. The van der Waals surface area contributed by atoms with Gasteiger partial charge in [0.25, 0.3) is 0 Å². The molecule has 0 aliphatic heterocycles. The zero-order valence-electron chi connectivity index (χ0n) is 8.98. The molecule has 16 heavy (non-hydrogen) atoms. The SMILES string of the molecule is Cc1cc(OCc2ccccc2)c(Br)cn1. The normalized spacial score (nSPS) is 10.1. The van der Waals surface area contributed by atoms with Gasteiger partial charge in [0.1, 0.15) is 12.4 Å². The van der Waals surface area contributed by atoms with E-state index in [-0.39, 0.29) is 0 Å². The fraction of sp³-hybridized carbons (Fsp3) is 0.154. The predicted molar refractivity (Wildman–Crippen MR) is 67.4 cm³/mol. The zero-order valence-corrected chi connectivity index (χ0v) is 10.6. The molecule has 0 amide bonds. The number of ether oxygens (including phenoxy) is 1. The molecule has 82 valence electrons. The highest BCUT2D eigenvalue weighted by Gasteiger charge is 2.02. The second-order valence-corrected chi connectivity index (χ2v) is 4.38. The van der Waals surface area contributed by atoms with E-state index >= 15 is 0 Å². The van der Waals surface area contributed by atoms with Crippen molar-refractivity contribution in [2.45, 2.75) is 13.5 Å². The van der Waals surface area contributed by atoms with Crippen molar-refractivity contribution in [2.75, 3.05) is 0 Å². The minimum absolute atomic E-state index is 0.572. The van der Waals surface area contributed by atoms with Crippen molar-refractivity contribution in [3.05, 3.63) is 58.3 Å². The van der Waals surface area contributed by atoms with Gasteiger partial charge in [-0.1, -0.05) is 30.3 Å². The maximum atomic E-state index is 5.72. The standard InChI is InChI=1S/C13H12BrNO/c1-10-7-13(12(14)8-15-10)16-9-11-5-3-2-4-6-11/h2-8H,9H2,1H3. The van der Waals surface area contributed by atoms with Crippen LogP contribution in [0.2, 0.25) is 0 Å². The molecule has 0 saturated heterocycles.